The molecular weight excluding hydrogens is 959 g/mol. The van der Waals surface area contributed by atoms with E-state index >= 15 is 0 Å². The third kappa shape index (κ3) is 46.5. The number of nitrogens with one attached hydrogen (secondary N) is 1. The number of unbranched alkanes of at least 4 members (excludes halogenated alkanes) is 42. The number of carbonyl (C=O) groups is 1. The van der Waals surface area contributed by atoms with Crippen molar-refractivity contribution in [2.75, 3.05) is 13.2 Å². The van der Waals surface area contributed by atoms with E-state index in [-0.39, 0.29) is 12.5 Å². The minimum atomic E-state index is -1.57. The topological polar surface area (TPSA) is 149 Å². The zero-order valence-corrected chi connectivity index (χ0v) is 50.5. The number of aliphatic hydroxyl groups excluding tert-OH is 5. The highest BCUT2D eigenvalue weighted by atomic mass is 16.7. The lowest BCUT2D eigenvalue weighted by atomic mass is 9.99. The number of carbonyl (C=O) groups excluding carboxylic acids is 1. The SMILES string of the molecule is CCCCCCC/C=C\C/C=C\C/C=C\CCCCCCCCCCCCCCCCC(=O)NC(COC1OC(CO)C(O)C(O)C1O)C(O)/C=C/CCCCCCCCCCCCCCCCCCCCCCCCC. The van der Waals surface area contributed by atoms with Gasteiger partial charge in [0.1, 0.15) is 24.4 Å². The molecule has 0 aromatic rings. The van der Waals surface area contributed by atoms with E-state index in [1.54, 1.807) is 6.08 Å². The molecule has 0 radical (unpaired) electrons. The molecule has 1 amide bonds. The van der Waals surface area contributed by atoms with E-state index in [1.807, 2.05) is 6.08 Å². The first-order valence-corrected chi connectivity index (χ1v) is 33.4. The maximum Gasteiger partial charge on any atom is 0.220 e. The number of aliphatic hydroxyl groups is 5. The zero-order chi connectivity index (χ0) is 55.8. The Labute approximate surface area is 475 Å². The number of allylic oxidation sites excluding steroid dienone is 7. The molecule has 77 heavy (non-hydrogen) atoms. The smallest absolute Gasteiger partial charge is 0.220 e. The third-order valence-electron chi connectivity index (χ3n) is 15.9. The fraction of sp³-hybridized carbons (Fsp3) is 0.868. The Bertz CT molecular complexity index is 1350. The van der Waals surface area contributed by atoms with Gasteiger partial charge in [-0.15, -0.1) is 0 Å². The van der Waals surface area contributed by atoms with Crippen molar-refractivity contribution in [1.29, 1.82) is 0 Å². The molecule has 0 aliphatic carbocycles. The Morgan fingerprint density at radius 2 is 0.766 bits per heavy atom. The summed E-state index contributed by atoms with van der Waals surface area (Å²) >= 11 is 0. The van der Waals surface area contributed by atoms with Gasteiger partial charge in [0.25, 0.3) is 0 Å². The molecule has 0 bridgehead atoms. The summed E-state index contributed by atoms with van der Waals surface area (Å²) in [5.41, 5.74) is 0. The second kappa shape index (κ2) is 57.4. The van der Waals surface area contributed by atoms with Gasteiger partial charge in [-0.1, -0.05) is 306 Å². The first-order valence-electron chi connectivity index (χ1n) is 33.4. The van der Waals surface area contributed by atoms with E-state index in [4.69, 9.17) is 9.47 Å². The van der Waals surface area contributed by atoms with Crippen molar-refractivity contribution in [1.82, 2.24) is 5.32 Å². The average molecular weight is 1090 g/mol. The van der Waals surface area contributed by atoms with Crippen LogP contribution in [0.2, 0.25) is 0 Å². The predicted molar refractivity (Wildman–Crippen MR) is 327 cm³/mol. The quantitative estimate of drug-likeness (QED) is 0.0261. The van der Waals surface area contributed by atoms with Gasteiger partial charge in [-0.25, -0.2) is 0 Å². The maximum atomic E-state index is 13.1. The molecule has 0 aromatic carbocycles. The molecule has 1 fully saturated rings. The van der Waals surface area contributed by atoms with Crippen LogP contribution < -0.4 is 5.32 Å². The van der Waals surface area contributed by atoms with Gasteiger partial charge < -0.3 is 40.3 Å². The molecule has 7 unspecified atom stereocenters. The lowest BCUT2D eigenvalue weighted by Gasteiger charge is -2.40. The lowest BCUT2D eigenvalue weighted by Crippen LogP contribution is -2.60. The molecule has 0 aromatic heterocycles. The monoisotopic (exact) mass is 1090 g/mol. The van der Waals surface area contributed by atoms with Gasteiger partial charge in [0, 0.05) is 6.42 Å². The van der Waals surface area contributed by atoms with E-state index < -0.39 is 49.5 Å². The van der Waals surface area contributed by atoms with E-state index in [0.29, 0.717) is 6.42 Å². The van der Waals surface area contributed by atoms with Crippen LogP contribution in [-0.4, -0.2) is 87.5 Å². The third-order valence-corrected chi connectivity index (χ3v) is 15.9. The Morgan fingerprint density at radius 3 is 1.13 bits per heavy atom. The highest BCUT2D eigenvalue weighted by Crippen LogP contribution is 2.23. The highest BCUT2D eigenvalue weighted by Gasteiger charge is 2.44. The van der Waals surface area contributed by atoms with Crippen LogP contribution >= 0.6 is 0 Å². The van der Waals surface area contributed by atoms with Crippen LogP contribution in [0.4, 0.5) is 0 Å². The molecule has 0 saturated carbocycles. The Balaban J connectivity index is 2.16. The van der Waals surface area contributed by atoms with E-state index in [9.17, 15) is 30.3 Å². The first-order chi connectivity index (χ1) is 37.8. The fourth-order valence-electron chi connectivity index (χ4n) is 10.6. The second-order valence-electron chi connectivity index (χ2n) is 23.3. The minimum Gasteiger partial charge on any atom is -0.394 e. The van der Waals surface area contributed by atoms with E-state index in [0.717, 1.165) is 51.4 Å². The van der Waals surface area contributed by atoms with Gasteiger partial charge >= 0.3 is 0 Å². The minimum absolute atomic E-state index is 0.174. The summed E-state index contributed by atoms with van der Waals surface area (Å²) in [7, 11) is 0. The zero-order valence-electron chi connectivity index (χ0n) is 50.5. The van der Waals surface area contributed by atoms with Crippen molar-refractivity contribution in [3.8, 4) is 0 Å². The molecular formula is C68H127NO8. The van der Waals surface area contributed by atoms with Crippen LogP contribution in [0.3, 0.4) is 0 Å². The Kier molecular flexibility index (Phi) is 54.5. The molecule has 452 valence electrons. The molecule has 1 saturated heterocycles. The molecule has 9 heteroatoms. The molecule has 6 N–H and O–H groups in total. The van der Waals surface area contributed by atoms with Crippen molar-refractivity contribution in [3.05, 3.63) is 48.6 Å². The second-order valence-corrected chi connectivity index (χ2v) is 23.3. The summed E-state index contributed by atoms with van der Waals surface area (Å²) in [5, 5.41) is 54.7. The molecule has 1 aliphatic heterocycles. The van der Waals surface area contributed by atoms with Crippen molar-refractivity contribution < 1.29 is 39.8 Å². The van der Waals surface area contributed by atoms with Crippen molar-refractivity contribution >= 4 is 5.91 Å². The van der Waals surface area contributed by atoms with E-state index in [1.165, 1.54) is 250 Å². The Hall–Kier alpha value is -1.85. The maximum absolute atomic E-state index is 13.1. The first kappa shape index (κ1) is 73.2. The summed E-state index contributed by atoms with van der Waals surface area (Å²) < 4.78 is 11.3. The van der Waals surface area contributed by atoms with Gasteiger partial charge in [-0.2, -0.15) is 0 Å². The summed E-state index contributed by atoms with van der Waals surface area (Å²) in [4.78, 5) is 13.1. The van der Waals surface area contributed by atoms with Crippen LogP contribution in [-0.2, 0) is 14.3 Å². The number of hydrogen-bond acceptors (Lipinski definition) is 8. The van der Waals surface area contributed by atoms with Gasteiger partial charge in [0.2, 0.25) is 5.91 Å². The number of amides is 1. The van der Waals surface area contributed by atoms with Crippen LogP contribution in [0.15, 0.2) is 48.6 Å². The molecule has 7 atom stereocenters. The normalized spacial score (nSPS) is 19.0. The van der Waals surface area contributed by atoms with Crippen molar-refractivity contribution in [2.24, 2.45) is 0 Å². The summed E-state index contributed by atoms with van der Waals surface area (Å²) in [6, 6.07) is -0.807. The summed E-state index contributed by atoms with van der Waals surface area (Å²) in [6.45, 7) is 3.81. The number of ether oxygens (including phenoxy) is 2. The average Bonchev–Trinajstić information content (AvgIpc) is 3.43. The van der Waals surface area contributed by atoms with Crippen LogP contribution in [0.25, 0.3) is 0 Å². The fourth-order valence-corrected chi connectivity index (χ4v) is 10.6. The van der Waals surface area contributed by atoms with Crippen LogP contribution in [0, 0.1) is 0 Å². The van der Waals surface area contributed by atoms with Crippen LogP contribution in [0.1, 0.15) is 322 Å². The van der Waals surface area contributed by atoms with Gasteiger partial charge in [-0.05, 0) is 57.8 Å². The number of hydrogen-bond donors (Lipinski definition) is 6. The van der Waals surface area contributed by atoms with Gasteiger partial charge in [0.05, 0.1) is 25.4 Å². The highest BCUT2D eigenvalue weighted by molar-refractivity contribution is 5.76. The van der Waals surface area contributed by atoms with E-state index in [2.05, 4.69) is 55.6 Å². The molecule has 1 rings (SSSR count). The molecule has 9 nitrogen and oxygen atoms in total. The summed E-state index contributed by atoms with van der Waals surface area (Å²) in [6.07, 6.45) is 70.5. The number of rotatable bonds is 58. The van der Waals surface area contributed by atoms with Gasteiger partial charge in [-0.3, -0.25) is 4.79 Å². The van der Waals surface area contributed by atoms with Gasteiger partial charge in [0.15, 0.2) is 6.29 Å². The van der Waals surface area contributed by atoms with Crippen molar-refractivity contribution in [3.63, 3.8) is 0 Å². The molecule has 0 spiro atoms. The predicted octanol–water partition coefficient (Wildman–Crippen LogP) is 17.6. The molecule has 1 heterocycles. The standard InChI is InChI=1S/C68H127NO8/c1-3-5-7-9-11-13-15-17-19-21-23-25-27-29-30-31-32-34-36-38-40-42-44-46-48-50-52-54-56-58-64(72)69-61(60-76-68-67(75)66(74)65(73)63(59-70)77-68)62(71)57-55-53-51-49-47-45-43-41-39-37-35-33-28-26-24-22-20-18-16-14-12-10-8-6-4-2/h15,17,21,23,27,29,55,57,61-63,65-68,70-71,73-75H,3-14,16,18-20,22,24-26,28,30-54,56,58-60H2,1-2H3,(H,69,72)/b17-15-,23-21-,29-27-,57-55+. The molecule has 1 aliphatic rings. The largest absolute Gasteiger partial charge is 0.394 e. The van der Waals surface area contributed by atoms with Crippen LogP contribution in [0.5, 0.6) is 0 Å². The van der Waals surface area contributed by atoms with Crippen molar-refractivity contribution in [2.45, 2.75) is 365 Å². The Morgan fingerprint density at radius 1 is 0.442 bits per heavy atom. The lowest BCUT2D eigenvalue weighted by molar-refractivity contribution is -0.302. The summed E-state index contributed by atoms with van der Waals surface area (Å²) in [5.74, 6) is -0.174.